The first-order valence-corrected chi connectivity index (χ1v) is 11.2. The molecule has 1 unspecified atom stereocenters. The first-order valence-electron chi connectivity index (χ1n) is 11.2. The molecule has 0 fully saturated rings. The minimum absolute atomic E-state index is 0.0278. The molecular weight excluding hydrogens is 414 g/mol. The summed E-state index contributed by atoms with van der Waals surface area (Å²) in [6.45, 7) is 1.35. The lowest BCUT2D eigenvalue weighted by atomic mass is 10.0. The van der Waals surface area contributed by atoms with Crippen molar-refractivity contribution in [3.05, 3.63) is 83.9 Å². The molecule has 6 nitrogen and oxygen atoms in total. The van der Waals surface area contributed by atoms with Crippen LogP contribution in [0, 0.1) is 0 Å². The number of hydrogen-bond acceptors (Lipinski definition) is 5. The number of rotatable bonds is 9. The number of nitrogens with zero attached hydrogens (tertiary/aromatic N) is 2. The van der Waals surface area contributed by atoms with E-state index in [9.17, 15) is 4.79 Å². The maximum absolute atomic E-state index is 12.7. The zero-order chi connectivity index (χ0) is 23.2. The van der Waals surface area contributed by atoms with Gasteiger partial charge in [0.25, 0.3) is 5.91 Å². The maximum Gasteiger partial charge on any atom is 0.258 e. The van der Waals surface area contributed by atoms with Gasteiger partial charge in [-0.3, -0.25) is 4.79 Å². The van der Waals surface area contributed by atoms with Gasteiger partial charge in [-0.25, -0.2) is 0 Å². The summed E-state index contributed by atoms with van der Waals surface area (Å²) < 4.78 is 11.0. The quantitative estimate of drug-likeness (QED) is 0.538. The van der Waals surface area contributed by atoms with E-state index in [1.165, 1.54) is 16.8 Å². The van der Waals surface area contributed by atoms with Crippen molar-refractivity contribution in [1.29, 1.82) is 0 Å². The Morgan fingerprint density at radius 3 is 2.42 bits per heavy atom. The predicted molar refractivity (Wildman–Crippen MR) is 133 cm³/mol. The lowest BCUT2D eigenvalue weighted by Crippen LogP contribution is -2.39. The third-order valence-corrected chi connectivity index (χ3v) is 6.01. The van der Waals surface area contributed by atoms with Gasteiger partial charge < -0.3 is 24.6 Å². The van der Waals surface area contributed by atoms with Crippen molar-refractivity contribution in [3.63, 3.8) is 0 Å². The molecule has 1 aliphatic rings. The molecule has 4 rings (SSSR count). The van der Waals surface area contributed by atoms with Crippen LogP contribution in [0.2, 0.25) is 0 Å². The fourth-order valence-corrected chi connectivity index (χ4v) is 4.23. The van der Waals surface area contributed by atoms with Crippen LogP contribution in [0.1, 0.15) is 17.2 Å². The van der Waals surface area contributed by atoms with Gasteiger partial charge in [0.05, 0.1) is 13.2 Å². The molecule has 0 radical (unpaired) electrons. The molecule has 33 heavy (non-hydrogen) atoms. The van der Waals surface area contributed by atoms with Gasteiger partial charge in [-0.05, 0) is 47.9 Å². The number of benzene rings is 3. The van der Waals surface area contributed by atoms with Crippen LogP contribution in [0.5, 0.6) is 11.5 Å². The Morgan fingerprint density at radius 2 is 1.70 bits per heavy atom. The average molecular weight is 446 g/mol. The number of ether oxygens (including phenoxy) is 2. The van der Waals surface area contributed by atoms with E-state index in [4.69, 9.17) is 9.47 Å². The SMILES string of the molecule is COc1ccccc1OCC(=O)NCC(c1ccc(N(C)C)cc1)N1CCc2ccccc21. The first-order chi connectivity index (χ1) is 16.1. The van der Waals surface area contributed by atoms with Gasteiger partial charge in [0, 0.05) is 38.6 Å². The number of fused-ring (bicyclic) bond motifs is 1. The highest BCUT2D eigenvalue weighted by Crippen LogP contribution is 2.35. The fraction of sp³-hybridized carbons (Fsp3) is 0.296. The number of anilines is 2. The molecule has 0 bridgehead atoms. The van der Waals surface area contributed by atoms with Crippen molar-refractivity contribution < 1.29 is 14.3 Å². The lowest BCUT2D eigenvalue weighted by Gasteiger charge is -2.31. The zero-order valence-electron chi connectivity index (χ0n) is 19.5. The molecule has 1 heterocycles. The third kappa shape index (κ3) is 5.22. The number of amides is 1. The maximum atomic E-state index is 12.7. The van der Waals surface area contributed by atoms with Crippen LogP contribution in [-0.2, 0) is 11.2 Å². The molecule has 0 saturated heterocycles. The minimum atomic E-state index is -0.164. The molecule has 172 valence electrons. The van der Waals surface area contributed by atoms with Crippen LogP contribution in [0.25, 0.3) is 0 Å². The molecule has 0 aliphatic carbocycles. The van der Waals surface area contributed by atoms with Crippen molar-refractivity contribution in [2.75, 3.05) is 50.7 Å². The monoisotopic (exact) mass is 445 g/mol. The molecule has 1 N–H and O–H groups in total. The number of methoxy groups -OCH3 is 1. The third-order valence-electron chi connectivity index (χ3n) is 6.01. The largest absolute Gasteiger partial charge is 0.493 e. The smallest absolute Gasteiger partial charge is 0.258 e. The Bertz CT molecular complexity index is 1080. The van der Waals surface area contributed by atoms with Crippen LogP contribution in [-0.4, -0.2) is 46.8 Å². The number of nitrogens with one attached hydrogen (secondary N) is 1. The minimum Gasteiger partial charge on any atom is -0.493 e. The Hall–Kier alpha value is -3.67. The summed E-state index contributed by atoms with van der Waals surface area (Å²) in [6.07, 6.45) is 1.01. The van der Waals surface area contributed by atoms with Gasteiger partial charge in [0.1, 0.15) is 0 Å². The predicted octanol–water partition coefficient (Wildman–Crippen LogP) is 4.06. The Labute approximate surface area is 195 Å². The standard InChI is InChI=1S/C27H31N3O3/c1-29(2)22-14-12-21(13-15-22)24(30-17-16-20-8-4-5-9-23(20)30)18-28-27(31)19-33-26-11-7-6-10-25(26)32-3/h4-15,24H,16-19H2,1-3H3,(H,28,31). The molecule has 3 aromatic carbocycles. The number of para-hydroxylation sites is 3. The number of carbonyl (C=O) groups excluding carboxylic acids is 1. The van der Waals surface area contributed by atoms with E-state index in [0.29, 0.717) is 18.0 Å². The van der Waals surface area contributed by atoms with Crippen molar-refractivity contribution in [2.24, 2.45) is 0 Å². The summed E-state index contributed by atoms with van der Waals surface area (Å²) in [4.78, 5) is 17.1. The second kappa shape index (κ2) is 10.3. The summed E-state index contributed by atoms with van der Waals surface area (Å²) in [7, 11) is 5.65. The molecule has 0 saturated carbocycles. The summed E-state index contributed by atoms with van der Waals surface area (Å²) in [6, 6.07) is 24.4. The van der Waals surface area contributed by atoms with E-state index >= 15 is 0 Å². The van der Waals surface area contributed by atoms with Gasteiger partial charge in [-0.15, -0.1) is 0 Å². The van der Waals surface area contributed by atoms with Gasteiger partial charge in [-0.2, -0.15) is 0 Å². The molecule has 6 heteroatoms. The molecular formula is C27H31N3O3. The highest BCUT2D eigenvalue weighted by molar-refractivity contribution is 5.77. The highest BCUT2D eigenvalue weighted by Gasteiger charge is 2.27. The van der Waals surface area contributed by atoms with Gasteiger partial charge in [0.2, 0.25) is 0 Å². The molecule has 1 amide bonds. The molecule has 0 spiro atoms. The van der Waals surface area contributed by atoms with E-state index < -0.39 is 0 Å². The fourth-order valence-electron chi connectivity index (χ4n) is 4.23. The zero-order valence-corrected chi connectivity index (χ0v) is 19.5. The Balaban J connectivity index is 1.47. The first kappa shape index (κ1) is 22.5. The second-order valence-electron chi connectivity index (χ2n) is 8.32. The molecule has 1 aliphatic heterocycles. The summed E-state index contributed by atoms with van der Waals surface area (Å²) in [5, 5.41) is 3.08. The van der Waals surface area contributed by atoms with Crippen LogP contribution in [0.4, 0.5) is 11.4 Å². The number of hydrogen-bond donors (Lipinski definition) is 1. The molecule has 0 aromatic heterocycles. The van der Waals surface area contributed by atoms with E-state index in [0.717, 1.165) is 18.7 Å². The topological polar surface area (TPSA) is 54.0 Å². The van der Waals surface area contributed by atoms with Crippen LogP contribution >= 0.6 is 0 Å². The highest BCUT2D eigenvalue weighted by atomic mass is 16.5. The van der Waals surface area contributed by atoms with E-state index in [1.807, 2.05) is 32.3 Å². The Kier molecular flexibility index (Phi) is 7.03. The average Bonchev–Trinajstić information content (AvgIpc) is 3.27. The lowest BCUT2D eigenvalue weighted by molar-refractivity contribution is -0.123. The van der Waals surface area contributed by atoms with Crippen molar-refractivity contribution in [2.45, 2.75) is 12.5 Å². The van der Waals surface area contributed by atoms with E-state index in [2.05, 4.69) is 63.6 Å². The summed E-state index contributed by atoms with van der Waals surface area (Å²) in [5.41, 5.74) is 4.90. The molecule has 3 aromatic rings. The van der Waals surface area contributed by atoms with Crippen LogP contribution in [0.15, 0.2) is 72.8 Å². The second-order valence-corrected chi connectivity index (χ2v) is 8.32. The Morgan fingerprint density at radius 1 is 1.00 bits per heavy atom. The van der Waals surface area contributed by atoms with Gasteiger partial charge >= 0.3 is 0 Å². The van der Waals surface area contributed by atoms with Crippen molar-refractivity contribution >= 4 is 17.3 Å². The molecule has 1 atom stereocenters. The summed E-state index contributed by atoms with van der Waals surface area (Å²) >= 11 is 0. The van der Waals surface area contributed by atoms with Crippen LogP contribution < -0.4 is 24.6 Å². The van der Waals surface area contributed by atoms with Gasteiger partial charge in [-0.1, -0.05) is 42.5 Å². The number of carbonyl (C=O) groups is 1. The van der Waals surface area contributed by atoms with Crippen LogP contribution in [0.3, 0.4) is 0 Å². The summed E-state index contributed by atoms with van der Waals surface area (Å²) in [5.74, 6) is 1.00. The van der Waals surface area contributed by atoms with Gasteiger partial charge in [0.15, 0.2) is 18.1 Å². The van der Waals surface area contributed by atoms with E-state index in [1.54, 1.807) is 13.2 Å². The van der Waals surface area contributed by atoms with E-state index in [-0.39, 0.29) is 18.6 Å². The van der Waals surface area contributed by atoms with Crippen molar-refractivity contribution in [3.8, 4) is 11.5 Å². The van der Waals surface area contributed by atoms with Crippen molar-refractivity contribution in [1.82, 2.24) is 5.32 Å². The normalized spacial score (nSPS) is 13.2.